The molecule has 3 atom stereocenters. The number of hydrogen-bond acceptors (Lipinski definition) is 6. The first-order chi connectivity index (χ1) is 34.0. The molecule has 0 aliphatic heterocycles. The van der Waals surface area contributed by atoms with Crippen molar-refractivity contribution in [2.75, 3.05) is 40.9 Å². The Labute approximate surface area is 429 Å². The predicted molar refractivity (Wildman–Crippen MR) is 301 cm³/mol. The molecule has 0 aliphatic carbocycles. The maximum Gasteiger partial charge on any atom is 0.268 e. The number of quaternary nitrogens is 1. The number of unbranched alkanes of at least 4 members (excludes halogenated alkanes) is 12. The van der Waals surface area contributed by atoms with Crippen LogP contribution in [0.3, 0.4) is 0 Å². The third-order valence-electron chi connectivity index (χ3n) is 11.1. The van der Waals surface area contributed by atoms with Gasteiger partial charge in [0.2, 0.25) is 5.91 Å². The topological polar surface area (TPSA) is 108 Å². The molecule has 3 unspecified atom stereocenters. The highest BCUT2D eigenvalue weighted by molar-refractivity contribution is 7.45. The van der Waals surface area contributed by atoms with Crippen molar-refractivity contribution in [1.29, 1.82) is 0 Å². The molecule has 396 valence electrons. The zero-order valence-corrected chi connectivity index (χ0v) is 45.8. The van der Waals surface area contributed by atoms with Crippen molar-refractivity contribution >= 4 is 13.7 Å². The van der Waals surface area contributed by atoms with Gasteiger partial charge >= 0.3 is 0 Å². The minimum Gasteiger partial charge on any atom is -0.756 e. The van der Waals surface area contributed by atoms with Gasteiger partial charge in [-0.1, -0.05) is 217 Å². The van der Waals surface area contributed by atoms with Gasteiger partial charge in [-0.3, -0.25) is 9.36 Å². The Kier molecular flexibility index (Phi) is 47.7. The largest absolute Gasteiger partial charge is 0.756 e. The highest BCUT2D eigenvalue weighted by atomic mass is 31.2. The second-order valence-corrected chi connectivity index (χ2v) is 20.3. The third-order valence-corrected chi connectivity index (χ3v) is 12.0. The molecule has 0 saturated carbocycles. The first kappa shape index (κ1) is 66.4. The molecule has 0 radical (unpaired) electrons. The van der Waals surface area contributed by atoms with Gasteiger partial charge in [0.1, 0.15) is 13.2 Å². The molecule has 0 aromatic heterocycles. The summed E-state index contributed by atoms with van der Waals surface area (Å²) in [5, 5.41) is 13.7. The van der Waals surface area contributed by atoms with Crippen molar-refractivity contribution in [3.05, 3.63) is 146 Å². The molecule has 2 N–H and O–H groups in total. The van der Waals surface area contributed by atoms with Crippen LogP contribution in [0.5, 0.6) is 0 Å². The maximum atomic E-state index is 12.9. The average molecular weight is 989 g/mol. The molecule has 0 saturated heterocycles. The molecule has 0 aromatic rings. The van der Waals surface area contributed by atoms with Crippen LogP contribution in [-0.4, -0.2) is 68.5 Å². The average Bonchev–Trinajstić information content (AvgIpc) is 3.32. The monoisotopic (exact) mass is 989 g/mol. The summed E-state index contributed by atoms with van der Waals surface area (Å²) in [6.07, 6.45) is 77.9. The Morgan fingerprint density at radius 2 is 0.871 bits per heavy atom. The molecule has 8 nitrogen and oxygen atoms in total. The molecule has 0 aliphatic rings. The van der Waals surface area contributed by atoms with Gasteiger partial charge in [-0.05, 0) is 103 Å². The van der Waals surface area contributed by atoms with Gasteiger partial charge in [0.25, 0.3) is 7.82 Å². The summed E-state index contributed by atoms with van der Waals surface area (Å²) in [7, 11) is 1.22. The van der Waals surface area contributed by atoms with Crippen molar-refractivity contribution in [1.82, 2.24) is 5.32 Å². The van der Waals surface area contributed by atoms with Gasteiger partial charge in [-0.25, -0.2) is 0 Å². The van der Waals surface area contributed by atoms with Crippen LogP contribution in [0.25, 0.3) is 0 Å². The van der Waals surface area contributed by atoms with Crippen LogP contribution < -0.4 is 10.2 Å². The van der Waals surface area contributed by atoms with Gasteiger partial charge in [-0.15, -0.1) is 0 Å². The van der Waals surface area contributed by atoms with E-state index in [0.717, 1.165) is 128 Å². The lowest BCUT2D eigenvalue weighted by molar-refractivity contribution is -0.870. The van der Waals surface area contributed by atoms with E-state index < -0.39 is 26.6 Å². The van der Waals surface area contributed by atoms with Crippen molar-refractivity contribution < 1.29 is 32.9 Å². The quantitative estimate of drug-likeness (QED) is 0.0272. The van der Waals surface area contributed by atoms with Crippen molar-refractivity contribution in [3.63, 3.8) is 0 Å². The zero-order valence-electron chi connectivity index (χ0n) is 44.9. The van der Waals surface area contributed by atoms with E-state index in [0.29, 0.717) is 17.4 Å². The van der Waals surface area contributed by atoms with Gasteiger partial charge in [0, 0.05) is 6.42 Å². The van der Waals surface area contributed by atoms with Crippen LogP contribution in [0.4, 0.5) is 0 Å². The summed E-state index contributed by atoms with van der Waals surface area (Å²) in [5.74, 6) is -0.226. The van der Waals surface area contributed by atoms with Gasteiger partial charge in [-0.2, -0.15) is 0 Å². The van der Waals surface area contributed by atoms with Gasteiger partial charge < -0.3 is 28.8 Å². The van der Waals surface area contributed by atoms with E-state index in [4.69, 9.17) is 9.05 Å². The van der Waals surface area contributed by atoms with Crippen LogP contribution in [0.2, 0.25) is 0 Å². The van der Waals surface area contributed by atoms with E-state index in [2.05, 4.69) is 153 Å². The van der Waals surface area contributed by atoms with E-state index >= 15 is 0 Å². The highest BCUT2D eigenvalue weighted by Gasteiger charge is 2.23. The summed E-state index contributed by atoms with van der Waals surface area (Å²) in [5.41, 5.74) is 0. The SMILES string of the molecule is CC/C=C\C/C=C\C/C=C\C/C=C\C/C=C\C/C=C\C/C=C\C/C=C\C/C=C\C/C=C\C/C=C\CCCCCCCC(=O)NC(COP(=O)([O-])OCC[N+](C)(C)C)C(O)/C=C/CCCCCCCCC. The van der Waals surface area contributed by atoms with E-state index in [9.17, 15) is 19.4 Å². The van der Waals surface area contributed by atoms with Crippen LogP contribution in [0, 0.1) is 0 Å². The molecule has 0 rings (SSSR count). The third kappa shape index (κ3) is 52.2. The minimum absolute atomic E-state index is 0.0133. The Balaban J connectivity index is 4.14. The molecule has 0 aromatic carbocycles. The number of likely N-dealkylation sites (N-methyl/N-ethyl adjacent to an activating group) is 1. The van der Waals surface area contributed by atoms with E-state index in [1.54, 1.807) is 6.08 Å². The van der Waals surface area contributed by atoms with Crippen LogP contribution >= 0.6 is 7.82 Å². The van der Waals surface area contributed by atoms with Crippen LogP contribution in [0.15, 0.2) is 146 Å². The Morgan fingerprint density at radius 1 is 0.514 bits per heavy atom. The van der Waals surface area contributed by atoms with Gasteiger partial charge in [0.15, 0.2) is 0 Å². The minimum atomic E-state index is -4.60. The first-order valence-electron chi connectivity index (χ1n) is 27.2. The number of phosphoric acid groups is 1. The highest BCUT2D eigenvalue weighted by Crippen LogP contribution is 2.38. The first-order valence-corrected chi connectivity index (χ1v) is 28.7. The van der Waals surface area contributed by atoms with Crippen molar-refractivity contribution in [3.8, 4) is 0 Å². The Hall–Kier alpha value is -3.62. The molecular formula is C61H101N2O6P. The lowest BCUT2D eigenvalue weighted by Gasteiger charge is -2.29. The summed E-state index contributed by atoms with van der Waals surface area (Å²) < 4.78 is 23.2. The summed E-state index contributed by atoms with van der Waals surface area (Å²) in [6, 6.07) is -0.905. The maximum absolute atomic E-state index is 12.9. The molecule has 0 spiro atoms. The van der Waals surface area contributed by atoms with Crippen molar-refractivity contribution in [2.45, 2.75) is 193 Å². The predicted octanol–water partition coefficient (Wildman–Crippen LogP) is 15.9. The number of nitrogens with zero attached hydrogens (tertiary/aromatic N) is 1. The van der Waals surface area contributed by atoms with Crippen LogP contribution in [-0.2, 0) is 18.4 Å². The molecule has 0 fully saturated rings. The number of aliphatic hydroxyl groups is 1. The molecule has 9 heteroatoms. The fraction of sp³-hybridized carbons (Fsp3) is 0.590. The Morgan fingerprint density at radius 3 is 1.27 bits per heavy atom. The van der Waals surface area contributed by atoms with E-state index in [-0.39, 0.29) is 12.5 Å². The lowest BCUT2D eigenvalue weighted by Crippen LogP contribution is -2.45. The van der Waals surface area contributed by atoms with E-state index in [1.807, 2.05) is 27.2 Å². The fourth-order valence-corrected chi connectivity index (χ4v) is 7.52. The molecule has 0 bridgehead atoms. The Bertz CT molecular complexity index is 1640. The van der Waals surface area contributed by atoms with Crippen LogP contribution in [0.1, 0.15) is 181 Å². The zero-order chi connectivity index (χ0) is 51.3. The summed E-state index contributed by atoms with van der Waals surface area (Å²) in [6.45, 7) is 4.45. The number of phosphoric ester groups is 1. The molecule has 0 heterocycles. The second-order valence-electron chi connectivity index (χ2n) is 18.9. The normalized spacial score (nSPS) is 15.1. The number of amides is 1. The second kappa shape index (κ2) is 50.3. The number of allylic oxidation sites excluding steroid dienone is 23. The summed E-state index contributed by atoms with van der Waals surface area (Å²) in [4.78, 5) is 25.3. The number of rotatable bonds is 47. The number of carbonyl (C=O) groups excluding carboxylic acids is 1. The lowest BCUT2D eigenvalue weighted by atomic mass is 10.1. The number of aliphatic hydroxyl groups excluding tert-OH is 1. The molecule has 70 heavy (non-hydrogen) atoms. The molecule has 1 amide bonds. The number of hydrogen-bond donors (Lipinski definition) is 2. The fourth-order valence-electron chi connectivity index (χ4n) is 6.80. The summed E-state index contributed by atoms with van der Waals surface area (Å²) >= 11 is 0. The number of carbonyl (C=O) groups is 1. The van der Waals surface area contributed by atoms with Gasteiger partial charge in [0.05, 0.1) is 39.9 Å². The smallest absolute Gasteiger partial charge is 0.268 e. The standard InChI is InChI=1S/C61H101N2O6P/c1-6-8-10-12-14-16-17-18-19-20-21-22-23-24-25-26-27-28-29-30-31-32-33-34-35-36-37-38-39-40-41-42-43-44-45-47-49-51-53-55-61(65)62-59(58-69-70(66,67)68-57-56-63(3,4)5)60(64)54-52-50-48-46-15-13-11-9-7-2/h8,10,14,16,18-19,21-22,24-25,27-28,30-31,33-34,36-37,39-40,42-43,52,54,59-60,64H,6-7,9,11-13,15,17,20,23,26,29,32,35,38,41,44-51,53,55-58H2,1-5H3,(H-,62,65,66,67)/b10-8-,16-14-,19-18-,22-21-,25-24-,28-27-,31-30-,34-33-,37-36-,40-39-,43-42-,54-52+. The molecular weight excluding hydrogens is 888 g/mol. The van der Waals surface area contributed by atoms with Crippen molar-refractivity contribution in [2.24, 2.45) is 0 Å². The number of nitrogens with one attached hydrogen (secondary N) is 1. The van der Waals surface area contributed by atoms with E-state index in [1.165, 1.54) is 32.1 Å².